The molecule has 11 heavy (non-hydrogen) atoms. The lowest BCUT2D eigenvalue weighted by molar-refractivity contribution is 0.600. The van der Waals surface area contributed by atoms with Crippen molar-refractivity contribution in [2.45, 2.75) is 41.5 Å². The molecule has 0 aliphatic rings. The third kappa shape index (κ3) is 3.15. The van der Waals surface area contributed by atoms with Crippen molar-refractivity contribution < 1.29 is 0 Å². The zero-order valence-electron chi connectivity index (χ0n) is 8.41. The molecule has 0 atom stereocenters. The van der Waals surface area contributed by atoms with E-state index in [1.807, 2.05) is 0 Å². The van der Waals surface area contributed by atoms with Gasteiger partial charge >= 0.3 is 0 Å². The molecule has 64 valence electrons. The smallest absolute Gasteiger partial charge is 0.0234 e. The molecule has 0 amide bonds. The second-order valence-corrected chi connectivity index (χ2v) is 4.61. The van der Waals surface area contributed by atoms with Crippen LogP contribution in [-0.2, 0) is 0 Å². The van der Waals surface area contributed by atoms with Crippen molar-refractivity contribution in [1.29, 1.82) is 0 Å². The maximum absolute atomic E-state index is 5.33. The molecule has 0 aliphatic carbocycles. The average molecular weight is 170 g/mol. The first kappa shape index (κ1) is 10.8. The zero-order chi connectivity index (χ0) is 9.23. The summed E-state index contributed by atoms with van der Waals surface area (Å²) in [7, 11) is 0. The Labute approximate surface area is 75.7 Å². The van der Waals surface area contributed by atoms with Crippen LogP contribution in [0.5, 0.6) is 0 Å². The quantitative estimate of drug-likeness (QED) is 0.426. The Bertz CT molecular complexity index is 187. The van der Waals surface area contributed by atoms with Gasteiger partial charge in [0.1, 0.15) is 0 Å². The number of rotatable bonds is 1. The Balaban J connectivity index is 4.67. The van der Waals surface area contributed by atoms with Crippen molar-refractivity contribution in [2.75, 3.05) is 0 Å². The molecule has 0 aromatic carbocycles. The summed E-state index contributed by atoms with van der Waals surface area (Å²) in [5.74, 6) is 0. The molecule has 0 aromatic heterocycles. The SMILES string of the molecule is CC(C)=C(C)C(=S)C(C)(C)C. The summed E-state index contributed by atoms with van der Waals surface area (Å²) in [6, 6.07) is 0. The lowest BCUT2D eigenvalue weighted by Gasteiger charge is -2.21. The minimum Gasteiger partial charge on any atom is -0.0841 e. The lowest BCUT2D eigenvalue weighted by Crippen LogP contribution is -2.19. The maximum Gasteiger partial charge on any atom is 0.0234 e. The second kappa shape index (κ2) is 3.48. The van der Waals surface area contributed by atoms with E-state index in [0.29, 0.717) is 0 Å². The summed E-state index contributed by atoms with van der Waals surface area (Å²) in [6.45, 7) is 12.8. The van der Waals surface area contributed by atoms with Gasteiger partial charge in [0.05, 0.1) is 0 Å². The van der Waals surface area contributed by atoms with Crippen LogP contribution in [0.2, 0.25) is 0 Å². The molecule has 0 heterocycles. The molecule has 0 aromatic rings. The van der Waals surface area contributed by atoms with Gasteiger partial charge in [-0.3, -0.25) is 0 Å². The Hall–Kier alpha value is -0.170. The van der Waals surface area contributed by atoms with Gasteiger partial charge in [0.2, 0.25) is 0 Å². The van der Waals surface area contributed by atoms with Crippen molar-refractivity contribution >= 4 is 17.1 Å². The van der Waals surface area contributed by atoms with Gasteiger partial charge in [-0.1, -0.05) is 38.6 Å². The Morgan fingerprint density at radius 1 is 1.00 bits per heavy atom. The second-order valence-electron chi connectivity index (χ2n) is 4.20. The van der Waals surface area contributed by atoms with Crippen LogP contribution >= 0.6 is 12.2 Å². The van der Waals surface area contributed by atoms with Crippen molar-refractivity contribution in [3.8, 4) is 0 Å². The van der Waals surface area contributed by atoms with Crippen LogP contribution < -0.4 is 0 Å². The minimum absolute atomic E-state index is 0.136. The lowest BCUT2D eigenvalue weighted by atomic mass is 9.87. The van der Waals surface area contributed by atoms with Crippen LogP contribution in [0, 0.1) is 5.41 Å². The summed E-state index contributed by atoms with van der Waals surface area (Å²) in [4.78, 5) is 1.08. The van der Waals surface area contributed by atoms with E-state index < -0.39 is 0 Å². The fraction of sp³-hybridized carbons (Fsp3) is 0.700. The standard InChI is InChI=1S/C10H18S/c1-7(2)8(3)9(11)10(4,5)6/h1-6H3. The maximum atomic E-state index is 5.33. The largest absolute Gasteiger partial charge is 0.0841 e. The van der Waals surface area contributed by atoms with Gasteiger partial charge in [-0.15, -0.1) is 0 Å². The first-order chi connectivity index (χ1) is 4.76. The predicted octanol–water partition coefficient (Wildman–Crippen LogP) is 3.76. The molecule has 0 aliphatic heterocycles. The summed E-state index contributed by atoms with van der Waals surface area (Å²) >= 11 is 5.33. The monoisotopic (exact) mass is 170 g/mol. The van der Waals surface area contributed by atoms with Crippen LogP contribution in [-0.4, -0.2) is 4.86 Å². The minimum atomic E-state index is 0.136. The number of allylic oxidation sites excluding steroid dienone is 2. The molecule has 0 saturated heterocycles. The summed E-state index contributed by atoms with van der Waals surface area (Å²) < 4.78 is 0. The van der Waals surface area contributed by atoms with E-state index in [1.165, 1.54) is 11.1 Å². The van der Waals surface area contributed by atoms with Crippen molar-refractivity contribution in [1.82, 2.24) is 0 Å². The van der Waals surface area contributed by atoms with Crippen LogP contribution in [0.3, 0.4) is 0 Å². The molecule has 0 rings (SSSR count). The van der Waals surface area contributed by atoms with Gasteiger partial charge in [0.25, 0.3) is 0 Å². The third-order valence-electron chi connectivity index (χ3n) is 1.77. The van der Waals surface area contributed by atoms with Gasteiger partial charge in [-0.05, 0) is 31.8 Å². The number of thiocarbonyl (C=S) groups is 1. The highest BCUT2D eigenvalue weighted by molar-refractivity contribution is 7.81. The summed E-state index contributed by atoms with van der Waals surface area (Å²) in [6.07, 6.45) is 0. The highest BCUT2D eigenvalue weighted by atomic mass is 32.1. The van der Waals surface area contributed by atoms with Gasteiger partial charge in [-0.2, -0.15) is 0 Å². The molecule has 0 radical (unpaired) electrons. The van der Waals surface area contributed by atoms with Crippen LogP contribution in [0.15, 0.2) is 11.1 Å². The molecule has 0 nitrogen and oxygen atoms in total. The third-order valence-corrected chi connectivity index (χ3v) is 2.69. The summed E-state index contributed by atoms with van der Waals surface area (Å²) in [5, 5.41) is 0. The zero-order valence-corrected chi connectivity index (χ0v) is 9.22. The van der Waals surface area contributed by atoms with Crippen LogP contribution in [0.4, 0.5) is 0 Å². The van der Waals surface area contributed by atoms with Gasteiger partial charge in [-0.25, -0.2) is 0 Å². The normalized spacial score (nSPS) is 11.1. The predicted molar refractivity (Wildman–Crippen MR) is 56.1 cm³/mol. The highest BCUT2D eigenvalue weighted by Gasteiger charge is 2.18. The average Bonchev–Trinajstić information content (AvgIpc) is 1.82. The molecule has 0 unspecified atom stereocenters. The molecule has 0 N–H and O–H groups in total. The molecule has 0 fully saturated rings. The van der Waals surface area contributed by atoms with Gasteiger partial charge in [0.15, 0.2) is 0 Å². The van der Waals surface area contributed by atoms with E-state index in [0.717, 1.165) is 4.86 Å². The van der Waals surface area contributed by atoms with E-state index >= 15 is 0 Å². The first-order valence-corrected chi connectivity index (χ1v) is 4.36. The van der Waals surface area contributed by atoms with Crippen molar-refractivity contribution in [2.24, 2.45) is 5.41 Å². The van der Waals surface area contributed by atoms with E-state index in [9.17, 15) is 0 Å². The van der Waals surface area contributed by atoms with Crippen LogP contribution in [0.1, 0.15) is 41.5 Å². The Morgan fingerprint density at radius 2 is 1.36 bits per heavy atom. The number of hydrogen-bond acceptors (Lipinski definition) is 1. The summed E-state index contributed by atoms with van der Waals surface area (Å²) in [5.41, 5.74) is 2.73. The van der Waals surface area contributed by atoms with E-state index in [1.54, 1.807) is 0 Å². The van der Waals surface area contributed by atoms with E-state index in [4.69, 9.17) is 12.2 Å². The highest BCUT2D eigenvalue weighted by Crippen LogP contribution is 2.23. The molecule has 1 heteroatoms. The van der Waals surface area contributed by atoms with Crippen LogP contribution in [0.25, 0.3) is 0 Å². The number of hydrogen-bond donors (Lipinski definition) is 0. The fourth-order valence-electron chi connectivity index (χ4n) is 0.790. The van der Waals surface area contributed by atoms with Crippen molar-refractivity contribution in [3.05, 3.63) is 11.1 Å². The Kier molecular flexibility index (Phi) is 3.43. The van der Waals surface area contributed by atoms with Gasteiger partial charge in [0, 0.05) is 4.86 Å². The molecule has 0 bridgehead atoms. The Morgan fingerprint density at radius 3 is 1.45 bits per heavy atom. The first-order valence-electron chi connectivity index (χ1n) is 3.95. The molecule has 0 spiro atoms. The molecule has 0 saturated carbocycles. The topological polar surface area (TPSA) is 0 Å². The van der Waals surface area contributed by atoms with Crippen molar-refractivity contribution in [3.63, 3.8) is 0 Å². The van der Waals surface area contributed by atoms with E-state index in [-0.39, 0.29) is 5.41 Å². The van der Waals surface area contributed by atoms with Gasteiger partial charge < -0.3 is 0 Å². The molecular formula is C10H18S. The molecular weight excluding hydrogens is 152 g/mol. The fourth-order valence-corrected chi connectivity index (χ4v) is 0.994. The van der Waals surface area contributed by atoms with E-state index in [2.05, 4.69) is 41.5 Å².